The highest BCUT2D eigenvalue weighted by atomic mass is 79.9. The summed E-state index contributed by atoms with van der Waals surface area (Å²) in [6.07, 6.45) is 1.77. The van der Waals surface area contributed by atoms with E-state index >= 15 is 0 Å². The van der Waals surface area contributed by atoms with Crippen molar-refractivity contribution in [3.8, 4) is 5.75 Å². The second-order valence-corrected chi connectivity index (χ2v) is 4.49. The minimum absolute atomic E-state index is 0.728. The predicted molar refractivity (Wildman–Crippen MR) is 65.7 cm³/mol. The summed E-state index contributed by atoms with van der Waals surface area (Å²) in [5.74, 6) is 0.761. The van der Waals surface area contributed by atoms with Gasteiger partial charge in [-0.05, 0) is 40.5 Å². The van der Waals surface area contributed by atoms with E-state index in [1.54, 1.807) is 13.3 Å². The number of aryl methyl sites for hydroxylation is 1. The van der Waals surface area contributed by atoms with Gasteiger partial charge >= 0.3 is 0 Å². The van der Waals surface area contributed by atoms with Crippen LogP contribution >= 0.6 is 27.5 Å². The number of nitrogens with zero attached hydrogens (tertiary/aromatic N) is 1. The molecular weight excluding hydrogens is 277 g/mol. The van der Waals surface area contributed by atoms with Crippen LogP contribution in [0.4, 0.5) is 0 Å². The molecular formula is C11H9BrClNO. The molecule has 2 nitrogen and oxygen atoms in total. The molecule has 0 aliphatic carbocycles. The van der Waals surface area contributed by atoms with Gasteiger partial charge in [-0.25, -0.2) is 0 Å². The topological polar surface area (TPSA) is 22.1 Å². The van der Waals surface area contributed by atoms with Gasteiger partial charge in [-0.15, -0.1) is 0 Å². The lowest BCUT2D eigenvalue weighted by Gasteiger charge is -2.07. The quantitative estimate of drug-likeness (QED) is 0.791. The van der Waals surface area contributed by atoms with Crippen molar-refractivity contribution in [2.24, 2.45) is 0 Å². The van der Waals surface area contributed by atoms with E-state index in [1.807, 2.05) is 19.1 Å². The lowest BCUT2D eigenvalue weighted by Crippen LogP contribution is -1.88. The third-order valence-corrected chi connectivity index (χ3v) is 3.37. The first-order chi connectivity index (χ1) is 7.13. The maximum atomic E-state index is 6.20. The maximum Gasteiger partial charge on any atom is 0.133 e. The maximum absolute atomic E-state index is 6.20. The van der Waals surface area contributed by atoms with Crippen LogP contribution < -0.4 is 4.74 Å². The van der Waals surface area contributed by atoms with Crippen molar-refractivity contribution in [3.63, 3.8) is 0 Å². The fraction of sp³-hybridized carbons (Fsp3) is 0.182. The number of halogens is 2. The first-order valence-electron chi connectivity index (χ1n) is 4.42. The molecule has 0 fully saturated rings. The van der Waals surface area contributed by atoms with E-state index in [1.165, 1.54) is 0 Å². The van der Waals surface area contributed by atoms with E-state index in [0.29, 0.717) is 0 Å². The molecule has 1 aromatic heterocycles. The highest BCUT2D eigenvalue weighted by molar-refractivity contribution is 9.10. The monoisotopic (exact) mass is 285 g/mol. The Bertz CT molecular complexity index is 527. The van der Waals surface area contributed by atoms with Gasteiger partial charge in [-0.3, -0.25) is 4.98 Å². The van der Waals surface area contributed by atoms with Gasteiger partial charge in [0.05, 0.1) is 22.1 Å². The fourth-order valence-corrected chi connectivity index (χ4v) is 2.11. The summed E-state index contributed by atoms with van der Waals surface area (Å²) in [6.45, 7) is 1.93. The molecule has 0 N–H and O–H groups in total. The number of pyridine rings is 1. The Hall–Kier alpha value is -0.800. The summed E-state index contributed by atoms with van der Waals surface area (Å²) >= 11 is 9.61. The van der Waals surface area contributed by atoms with Crippen molar-refractivity contribution in [2.45, 2.75) is 6.92 Å². The Labute approximate surface area is 101 Å². The van der Waals surface area contributed by atoms with Crippen LogP contribution in [0.2, 0.25) is 5.02 Å². The summed E-state index contributed by atoms with van der Waals surface area (Å²) < 4.78 is 6.09. The molecule has 0 aliphatic heterocycles. The van der Waals surface area contributed by atoms with Crippen molar-refractivity contribution < 1.29 is 4.74 Å². The Balaban J connectivity index is 2.82. The molecule has 0 bridgehead atoms. The van der Waals surface area contributed by atoms with Gasteiger partial charge in [0, 0.05) is 11.6 Å². The number of benzene rings is 1. The zero-order valence-electron chi connectivity index (χ0n) is 8.34. The lowest BCUT2D eigenvalue weighted by molar-refractivity contribution is 0.413. The molecule has 78 valence electrons. The number of fused-ring (bicyclic) bond motifs is 1. The van der Waals surface area contributed by atoms with E-state index in [2.05, 4.69) is 20.9 Å². The number of aromatic nitrogens is 1. The minimum Gasteiger partial charge on any atom is -0.496 e. The van der Waals surface area contributed by atoms with Crippen LogP contribution in [0, 0.1) is 6.92 Å². The van der Waals surface area contributed by atoms with E-state index in [4.69, 9.17) is 16.3 Å². The summed E-state index contributed by atoms with van der Waals surface area (Å²) in [4.78, 5) is 4.31. The zero-order chi connectivity index (χ0) is 11.0. The molecule has 15 heavy (non-hydrogen) atoms. The number of hydrogen-bond donors (Lipinski definition) is 0. The van der Waals surface area contributed by atoms with Gasteiger partial charge in [-0.2, -0.15) is 0 Å². The largest absolute Gasteiger partial charge is 0.496 e. The second kappa shape index (κ2) is 3.99. The number of hydrogen-bond acceptors (Lipinski definition) is 2. The Morgan fingerprint density at radius 3 is 2.80 bits per heavy atom. The highest BCUT2D eigenvalue weighted by Crippen LogP contribution is 2.33. The van der Waals surface area contributed by atoms with Crippen molar-refractivity contribution in [1.82, 2.24) is 4.98 Å². The molecule has 0 amide bonds. The molecule has 2 rings (SSSR count). The molecule has 1 heterocycles. The molecule has 0 unspecified atom stereocenters. The van der Waals surface area contributed by atoms with Crippen molar-refractivity contribution in [3.05, 3.63) is 33.4 Å². The summed E-state index contributed by atoms with van der Waals surface area (Å²) in [6, 6.07) is 3.79. The van der Waals surface area contributed by atoms with Gasteiger partial charge in [0.2, 0.25) is 0 Å². The highest BCUT2D eigenvalue weighted by Gasteiger charge is 2.08. The smallest absolute Gasteiger partial charge is 0.133 e. The van der Waals surface area contributed by atoms with E-state index < -0.39 is 0 Å². The molecule has 1 aromatic carbocycles. The van der Waals surface area contributed by atoms with Crippen molar-refractivity contribution in [1.29, 1.82) is 0 Å². The molecule has 0 saturated carbocycles. The Kier molecular flexibility index (Phi) is 2.85. The molecule has 0 radical (unpaired) electrons. The normalized spacial score (nSPS) is 10.7. The molecule has 0 spiro atoms. The number of rotatable bonds is 1. The summed E-state index contributed by atoms with van der Waals surface area (Å²) in [7, 11) is 1.63. The second-order valence-electron chi connectivity index (χ2n) is 3.26. The van der Waals surface area contributed by atoms with Crippen LogP contribution in [-0.2, 0) is 0 Å². The first kappa shape index (κ1) is 10.7. The van der Waals surface area contributed by atoms with E-state index in [-0.39, 0.29) is 0 Å². The fourth-order valence-electron chi connectivity index (χ4n) is 1.42. The third kappa shape index (κ3) is 1.82. The van der Waals surface area contributed by atoms with Gasteiger partial charge in [0.15, 0.2) is 0 Å². The van der Waals surface area contributed by atoms with Gasteiger partial charge in [0.1, 0.15) is 5.75 Å². The third-order valence-electron chi connectivity index (χ3n) is 2.25. The molecule has 0 aliphatic rings. The van der Waals surface area contributed by atoms with Crippen LogP contribution in [0.3, 0.4) is 0 Å². The zero-order valence-corrected chi connectivity index (χ0v) is 10.7. The van der Waals surface area contributed by atoms with Gasteiger partial charge in [0.25, 0.3) is 0 Å². The average Bonchev–Trinajstić information content (AvgIpc) is 2.23. The molecule has 0 atom stereocenters. The number of ether oxygens (including phenoxy) is 1. The van der Waals surface area contributed by atoms with Crippen molar-refractivity contribution >= 4 is 38.4 Å². The van der Waals surface area contributed by atoms with Crippen LogP contribution in [0.15, 0.2) is 22.8 Å². The van der Waals surface area contributed by atoms with Crippen LogP contribution in [0.5, 0.6) is 5.75 Å². The average molecular weight is 287 g/mol. The van der Waals surface area contributed by atoms with Crippen molar-refractivity contribution in [2.75, 3.05) is 7.11 Å². The van der Waals surface area contributed by atoms with E-state index in [0.717, 1.165) is 31.7 Å². The first-order valence-corrected chi connectivity index (χ1v) is 5.59. The van der Waals surface area contributed by atoms with Gasteiger partial charge in [-0.1, -0.05) is 11.6 Å². The lowest BCUT2D eigenvalue weighted by atomic mass is 10.1. The summed E-state index contributed by atoms with van der Waals surface area (Å²) in [5.41, 5.74) is 1.83. The summed E-state index contributed by atoms with van der Waals surface area (Å²) in [5, 5.41) is 1.64. The molecule has 4 heteroatoms. The minimum atomic E-state index is 0.728. The van der Waals surface area contributed by atoms with Crippen LogP contribution in [0.25, 0.3) is 10.9 Å². The molecule has 0 saturated heterocycles. The van der Waals surface area contributed by atoms with Gasteiger partial charge < -0.3 is 4.74 Å². The van der Waals surface area contributed by atoms with Crippen LogP contribution in [-0.4, -0.2) is 12.1 Å². The molecule has 2 aromatic rings. The Morgan fingerprint density at radius 1 is 1.40 bits per heavy atom. The number of methoxy groups -OCH3 is 1. The Morgan fingerprint density at radius 2 is 2.13 bits per heavy atom. The van der Waals surface area contributed by atoms with Crippen LogP contribution in [0.1, 0.15) is 5.56 Å². The van der Waals surface area contributed by atoms with E-state index in [9.17, 15) is 0 Å². The SMILES string of the molecule is COc1cc2c(Cl)c(C)cnc2cc1Br. The predicted octanol–water partition coefficient (Wildman–Crippen LogP) is 3.97. The standard InChI is InChI=1S/C11H9BrClNO/c1-6-5-14-9-4-8(12)10(15-2)3-7(9)11(6)13/h3-5H,1-2H3.